The quantitative estimate of drug-likeness (QED) is 0.849. The van der Waals surface area contributed by atoms with E-state index in [-0.39, 0.29) is 11.9 Å². The average Bonchev–Trinajstić information content (AvgIpc) is 3.17. The van der Waals surface area contributed by atoms with Gasteiger partial charge < -0.3 is 5.32 Å². The third kappa shape index (κ3) is 3.74. The fraction of sp³-hybridized carbons (Fsp3) is 0.471. The fourth-order valence-corrected chi connectivity index (χ4v) is 3.48. The number of nitrogens with zero attached hydrogens (tertiary/aromatic N) is 2. The number of aromatic amines is 1. The van der Waals surface area contributed by atoms with Gasteiger partial charge in [0, 0.05) is 34.9 Å². The van der Waals surface area contributed by atoms with Crippen LogP contribution in [0, 0.1) is 12.7 Å². The van der Waals surface area contributed by atoms with Crippen LogP contribution in [0.3, 0.4) is 0 Å². The maximum Gasteiger partial charge on any atom is 0.129 e. The van der Waals surface area contributed by atoms with Gasteiger partial charge in [0.1, 0.15) is 5.82 Å². The second-order valence-electron chi connectivity index (χ2n) is 6.05. The van der Waals surface area contributed by atoms with Gasteiger partial charge in [-0.1, -0.05) is 17.7 Å². The van der Waals surface area contributed by atoms with Crippen LogP contribution in [0.25, 0.3) is 0 Å². The van der Waals surface area contributed by atoms with Crippen molar-refractivity contribution >= 4 is 11.6 Å². The topological polar surface area (TPSA) is 44.0 Å². The average molecular weight is 337 g/mol. The highest BCUT2D eigenvalue weighted by atomic mass is 35.5. The first-order valence-electron chi connectivity index (χ1n) is 8.04. The first-order valence-corrected chi connectivity index (χ1v) is 8.42. The van der Waals surface area contributed by atoms with Crippen LogP contribution in [-0.2, 0) is 6.54 Å². The molecule has 1 aliphatic rings. The summed E-state index contributed by atoms with van der Waals surface area (Å²) in [4.78, 5) is 2.32. The number of hydrogen-bond acceptors (Lipinski definition) is 3. The van der Waals surface area contributed by atoms with Crippen molar-refractivity contribution in [1.29, 1.82) is 0 Å². The van der Waals surface area contributed by atoms with E-state index in [1.54, 1.807) is 12.1 Å². The molecule has 1 aliphatic heterocycles. The van der Waals surface area contributed by atoms with E-state index in [9.17, 15) is 4.39 Å². The Morgan fingerprint density at radius 2 is 2.17 bits per heavy atom. The van der Waals surface area contributed by atoms with Crippen LogP contribution >= 0.6 is 11.6 Å². The zero-order valence-electron chi connectivity index (χ0n) is 13.3. The molecule has 1 fully saturated rings. The molecule has 0 saturated carbocycles. The molecule has 0 radical (unpaired) electrons. The van der Waals surface area contributed by atoms with E-state index in [4.69, 9.17) is 11.6 Å². The zero-order valence-corrected chi connectivity index (χ0v) is 14.0. The Morgan fingerprint density at radius 1 is 1.39 bits per heavy atom. The van der Waals surface area contributed by atoms with E-state index < -0.39 is 0 Å². The molecule has 2 heterocycles. The number of likely N-dealkylation sites (tertiary alicyclic amines) is 1. The van der Waals surface area contributed by atoms with Crippen LogP contribution in [0.1, 0.15) is 35.7 Å². The van der Waals surface area contributed by atoms with Gasteiger partial charge in [-0.25, -0.2) is 4.39 Å². The van der Waals surface area contributed by atoms with Crippen molar-refractivity contribution < 1.29 is 4.39 Å². The maximum absolute atomic E-state index is 14.4. The zero-order chi connectivity index (χ0) is 16.2. The SMILES string of the molecule is Cc1[nH]ncc1CNC[C@H](c1c(F)cccc1Cl)N1CCCC1. The van der Waals surface area contributed by atoms with E-state index in [1.165, 1.54) is 6.07 Å². The van der Waals surface area contributed by atoms with Gasteiger partial charge in [-0.2, -0.15) is 5.10 Å². The molecule has 1 atom stereocenters. The Morgan fingerprint density at radius 3 is 2.83 bits per heavy atom. The van der Waals surface area contributed by atoms with Crippen LogP contribution in [0.4, 0.5) is 4.39 Å². The van der Waals surface area contributed by atoms with Crippen LogP contribution in [0.15, 0.2) is 24.4 Å². The predicted molar refractivity (Wildman–Crippen MR) is 90.0 cm³/mol. The van der Waals surface area contributed by atoms with Crippen LogP contribution in [-0.4, -0.2) is 34.7 Å². The summed E-state index contributed by atoms with van der Waals surface area (Å²) < 4.78 is 14.4. The summed E-state index contributed by atoms with van der Waals surface area (Å²) in [6, 6.07) is 4.87. The van der Waals surface area contributed by atoms with Crippen molar-refractivity contribution in [2.75, 3.05) is 19.6 Å². The van der Waals surface area contributed by atoms with Crippen molar-refractivity contribution in [1.82, 2.24) is 20.4 Å². The smallest absolute Gasteiger partial charge is 0.129 e. The molecular formula is C17H22ClFN4. The van der Waals surface area contributed by atoms with E-state index >= 15 is 0 Å². The Labute approximate surface area is 141 Å². The maximum atomic E-state index is 14.4. The second kappa shape index (κ2) is 7.43. The van der Waals surface area contributed by atoms with Gasteiger partial charge in [0.2, 0.25) is 0 Å². The lowest BCUT2D eigenvalue weighted by Gasteiger charge is -2.29. The van der Waals surface area contributed by atoms with Gasteiger partial charge in [0.05, 0.1) is 12.2 Å². The Bertz CT molecular complexity index is 632. The van der Waals surface area contributed by atoms with Gasteiger partial charge in [0.25, 0.3) is 0 Å². The van der Waals surface area contributed by atoms with Crippen molar-refractivity contribution in [3.05, 3.63) is 52.1 Å². The lowest BCUT2D eigenvalue weighted by molar-refractivity contribution is 0.233. The Balaban J connectivity index is 1.75. The van der Waals surface area contributed by atoms with E-state index in [2.05, 4.69) is 20.4 Å². The van der Waals surface area contributed by atoms with E-state index in [0.717, 1.165) is 37.2 Å². The second-order valence-corrected chi connectivity index (χ2v) is 6.45. The Hall–Kier alpha value is -1.43. The molecule has 4 nitrogen and oxygen atoms in total. The number of rotatable bonds is 6. The van der Waals surface area contributed by atoms with Gasteiger partial charge in [0.15, 0.2) is 0 Å². The summed E-state index contributed by atoms with van der Waals surface area (Å²) in [7, 11) is 0. The molecule has 0 amide bonds. The normalized spacial score (nSPS) is 16.8. The summed E-state index contributed by atoms with van der Waals surface area (Å²) in [5, 5.41) is 10.9. The van der Waals surface area contributed by atoms with Gasteiger partial charge >= 0.3 is 0 Å². The van der Waals surface area contributed by atoms with Crippen molar-refractivity contribution in [3.8, 4) is 0 Å². The first kappa shape index (κ1) is 16.4. The highest BCUT2D eigenvalue weighted by Gasteiger charge is 2.27. The summed E-state index contributed by atoms with van der Waals surface area (Å²) in [6.07, 6.45) is 4.14. The molecule has 1 aromatic heterocycles. The van der Waals surface area contributed by atoms with Crippen LogP contribution < -0.4 is 5.32 Å². The number of nitrogens with one attached hydrogen (secondary N) is 2. The molecule has 0 bridgehead atoms. The van der Waals surface area contributed by atoms with Gasteiger partial charge in [-0.05, 0) is 45.0 Å². The number of halogens is 2. The lowest BCUT2D eigenvalue weighted by Crippen LogP contribution is -2.34. The molecule has 0 aliphatic carbocycles. The molecule has 1 aromatic carbocycles. The third-order valence-corrected chi connectivity index (χ3v) is 4.83. The molecule has 3 rings (SSSR count). The standard InChI is InChI=1S/C17H22ClFN4/c1-12-13(10-21-22-12)9-20-11-16(23-7-2-3-8-23)17-14(18)5-4-6-15(17)19/h4-6,10,16,20H,2-3,7-9,11H2,1H3,(H,21,22)/t16-/m1/s1. The highest BCUT2D eigenvalue weighted by molar-refractivity contribution is 6.31. The fourth-order valence-electron chi connectivity index (χ4n) is 3.19. The molecule has 2 aromatic rings. The predicted octanol–water partition coefficient (Wildman–Crippen LogP) is 3.44. The molecule has 23 heavy (non-hydrogen) atoms. The first-order chi connectivity index (χ1) is 11.2. The minimum Gasteiger partial charge on any atom is -0.311 e. The van der Waals surface area contributed by atoms with Gasteiger partial charge in [-0.15, -0.1) is 0 Å². The molecule has 0 spiro atoms. The monoisotopic (exact) mass is 336 g/mol. The van der Waals surface area contributed by atoms with Crippen LogP contribution in [0.5, 0.6) is 0 Å². The minimum absolute atomic E-state index is 0.0431. The van der Waals surface area contributed by atoms with E-state index in [0.29, 0.717) is 23.7 Å². The molecule has 124 valence electrons. The summed E-state index contributed by atoms with van der Waals surface area (Å²) in [5.74, 6) is -0.226. The van der Waals surface area contributed by atoms with Crippen molar-refractivity contribution in [2.45, 2.75) is 32.4 Å². The number of hydrogen-bond donors (Lipinski definition) is 2. The molecular weight excluding hydrogens is 315 g/mol. The minimum atomic E-state index is -0.226. The summed E-state index contributed by atoms with van der Waals surface area (Å²) in [6.45, 7) is 5.34. The third-order valence-electron chi connectivity index (χ3n) is 4.50. The number of H-pyrrole nitrogens is 1. The molecule has 1 saturated heterocycles. The Kier molecular flexibility index (Phi) is 5.30. The van der Waals surface area contributed by atoms with E-state index in [1.807, 2.05) is 13.1 Å². The largest absolute Gasteiger partial charge is 0.311 e. The lowest BCUT2D eigenvalue weighted by atomic mass is 10.0. The van der Waals surface area contributed by atoms with Crippen LogP contribution in [0.2, 0.25) is 5.02 Å². The summed E-state index contributed by atoms with van der Waals surface area (Å²) in [5.41, 5.74) is 2.79. The highest BCUT2D eigenvalue weighted by Crippen LogP contribution is 2.32. The number of aryl methyl sites for hydroxylation is 1. The number of benzene rings is 1. The van der Waals surface area contributed by atoms with Gasteiger partial charge in [-0.3, -0.25) is 10.00 Å². The number of aromatic nitrogens is 2. The van der Waals surface area contributed by atoms with Crippen molar-refractivity contribution in [3.63, 3.8) is 0 Å². The summed E-state index contributed by atoms with van der Waals surface area (Å²) >= 11 is 6.30. The van der Waals surface area contributed by atoms with Crippen molar-refractivity contribution in [2.24, 2.45) is 0 Å². The molecule has 6 heteroatoms. The molecule has 0 unspecified atom stereocenters. The molecule has 2 N–H and O–H groups in total.